The van der Waals surface area contributed by atoms with Crippen LogP contribution in [0.5, 0.6) is 5.75 Å². The molecule has 0 unspecified atom stereocenters. The molecule has 0 spiro atoms. The second kappa shape index (κ2) is 7.40. The molecule has 25 heavy (non-hydrogen) atoms. The molecule has 3 aromatic rings. The Kier molecular flexibility index (Phi) is 5.05. The van der Waals surface area contributed by atoms with Gasteiger partial charge in [-0.2, -0.15) is 0 Å². The predicted molar refractivity (Wildman–Crippen MR) is 103 cm³/mol. The Morgan fingerprint density at radius 1 is 0.880 bits per heavy atom. The predicted octanol–water partition coefficient (Wildman–Crippen LogP) is 5.24. The number of nitrogens with one attached hydrogen (secondary N) is 2. The normalized spacial score (nSPS) is 10.4. The van der Waals surface area contributed by atoms with Crippen molar-refractivity contribution >= 4 is 34.6 Å². The molecule has 0 aliphatic carbocycles. The summed E-state index contributed by atoms with van der Waals surface area (Å²) in [6.45, 7) is 3.87. The van der Waals surface area contributed by atoms with Gasteiger partial charge in [0, 0.05) is 16.8 Å². The molecule has 0 saturated carbocycles. The number of anilines is 4. The quantitative estimate of drug-likeness (QED) is 0.656. The van der Waals surface area contributed by atoms with Gasteiger partial charge in [0.15, 0.2) is 0 Å². The number of aryl methyl sites for hydroxylation is 2. The first-order valence-electron chi connectivity index (χ1n) is 7.84. The summed E-state index contributed by atoms with van der Waals surface area (Å²) in [6, 6.07) is 15.2. The van der Waals surface area contributed by atoms with Crippen molar-refractivity contribution in [1.29, 1.82) is 0 Å². The molecule has 0 saturated heterocycles. The van der Waals surface area contributed by atoms with Crippen molar-refractivity contribution in [3.8, 4) is 5.75 Å². The van der Waals surface area contributed by atoms with Crippen LogP contribution >= 0.6 is 11.6 Å². The van der Waals surface area contributed by atoms with E-state index < -0.39 is 0 Å². The fourth-order valence-corrected chi connectivity index (χ4v) is 2.62. The highest BCUT2D eigenvalue weighted by atomic mass is 35.5. The Balaban J connectivity index is 1.89. The average Bonchev–Trinajstić information content (AvgIpc) is 2.58. The fourth-order valence-electron chi connectivity index (χ4n) is 2.45. The van der Waals surface area contributed by atoms with Crippen molar-refractivity contribution in [1.82, 2.24) is 9.97 Å². The van der Waals surface area contributed by atoms with Crippen LogP contribution in [0, 0.1) is 13.8 Å². The molecule has 3 rings (SSSR count). The van der Waals surface area contributed by atoms with Crippen LogP contribution in [0.1, 0.15) is 11.4 Å². The SMILES string of the molecule is COc1ccccc1Nc1cc(Nc2cc(Cl)ccc2C)nc(C)n1. The topological polar surface area (TPSA) is 59.1 Å². The Morgan fingerprint density at radius 3 is 2.28 bits per heavy atom. The van der Waals surface area contributed by atoms with Crippen molar-refractivity contribution in [2.75, 3.05) is 17.7 Å². The van der Waals surface area contributed by atoms with E-state index in [0.29, 0.717) is 22.5 Å². The highest BCUT2D eigenvalue weighted by Crippen LogP contribution is 2.28. The first-order chi connectivity index (χ1) is 12.0. The first kappa shape index (κ1) is 17.0. The molecule has 0 fully saturated rings. The van der Waals surface area contributed by atoms with E-state index in [1.165, 1.54) is 0 Å². The number of ether oxygens (including phenoxy) is 1. The number of methoxy groups -OCH3 is 1. The van der Waals surface area contributed by atoms with Gasteiger partial charge in [0.1, 0.15) is 23.2 Å². The molecule has 0 aliphatic heterocycles. The minimum Gasteiger partial charge on any atom is -0.495 e. The Hall–Kier alpha value is -2.79. The summed E-state index contributed by atoms with van der Waals surface area (Å²) in [5.41, 5.74) is 2.83. The van der Waals surface area contributed by atoms with Gasteiger partial charge >= 0.3 is 0 Å². The molecule has 0 radical (unpaired) electrons. The van der Waals surface area contributed by atoms with Gasteiger partial charge in [0.25, 0.3) is 0 Å². The zero-order chi connectivity index (χ0) is 17.8. The number of hydrogen-bond acceptors (Lipinski definition) is 5. The largest absolute Gasteiger partial charge is 0.495 e. The molecule has 1 heterocycles. The number of para-hydroxylation sites is 2. The van der Waals surface area contributed by atoms with Crippen LogP contribution in [0.2, 0.25) is 5.02 Å². The first-order valence-corrected chi connectivity index (χ1v) is 8.22. The van der Waals surface area contributed by atoms with E-state index in [-0.39, 0.29) is 0 Å². The maximum absolute atomic E-state index is 6.09. The van der Waals surface area contributed by atoms with Crippen LogP contribution in [-0.2, 0) is 0 Å². The molecule has 2 aromatic carbocycles. The average molecular weight is 355 g/mol. The minimum atomic E-state index is 0.655. The highest BCUT2D eigenvalue weighted by molar-refractivity contribution is 6.30. The van der Waals surface area contributed by atoms with Crippen molar-refractivity contribution in [3.05, 3.63) is 64.9 Å². The van der Waals surface area contributed by atoms with Gasteiger partial charge in [0.2, 0.25) is 0 Å². The van der Waals surface area contributed by atoms with E-state index >= 15 is 0 Å². The number of nitrogens with zero attached hydrogens (tertiary/aromatic N) is 2. The summed E-state index contributed by atoms with van der Waals surface area (Å²) < 4.78 is 5.37. The molecule has 2 N–H and O–H groups in total. The van der Waals surface area contributed by atoms with E-state index in [1.54, 1.807) is 7.11 Å². The van der Waals surface area contributed by atoms with Crippen LogP contribution in [0.15, 0.2) is 48.5 Å². The smallest absolute Gasteiger partial charge is 0.142 e. The second-order valence-corrected chi connectivity index (χ2v) is 6.03. The lowest BCUT2D eigenvalue weighted by atomic mass is 10.2. The van der Waals surface area contributed by atoms with Gasteiger partial charge in [-0.3, -0.25) is 0 Å². The van der Waals surface area contributed by atoms with E-state index in [2.05, 4.69) is 20.6 Å². The Bertz CT molecular complexity index is 898. The third kappa shape index (κ3) is 4.19. The third-order valence-electron chi connectivity index (χ3n) is 3.67. The summed E-state index contributed by atoms with van der Waals surface area (Å²) in [4.78, 5) is 8.89. The van der Waals surface area contributed by atoms with E-state index in [1.807, 2.05) is 62.4 Å². The monoisotopic (exact) mass is 354 g/mol. The maximum Gasteiger partial charge on any atom is 0.142 e. The van der Waals surface area contributed by atoms with Crippen LogP contribution in [-0.4, -0.2) is 17.1 Å². The molecular weight excluding hydrogens is 336 g/mol. The molecule has 0 bridgehead atoms. The summed E-state index contributed by atoms with van der Waals surface area (Å²) >= 11 is 6.09. The van der Waals surface area contributed by atoms with E-state index in [9.17, 15) is 0 Å². The summed E-state index contributed by atoms with van der Waals surface area (Å²) in [7, 11) is 1.64. The van der Waals surface area contributed by atoms with Crippen molar-refractivity contribution in [2.45, 2.75) is 13.8 Å². The fraction of sp³-hybridized carbons (Fsp3) is 0.158. The van der Waals surface area contributed by atoms with E-state index in [0.717, 1.165) is 22.7 Å². The lowest BCUT2D eigenvalue weighted by Crippen LogP contribution is -2.03. The number of benzene rings is 2. The van der Waals surface area contributed by atoms with Crippen LogP contribution < -0.4 is 15.4 Å². The van der Waals surface area contributed by atoms with Gasteiger partial charge in [-0.1, -0.05) is 29.8 Å². The van der Waals surface area contributed by atoms with Gasteiger partial charge in [-0.15, -0.1) is 0 Å². The van der Waals surface area contributed by atoms with Crippen LogP contribution in [0.3, 0.4) is 0 Å². The lowest BCUT2D eigenvalue weighted by Gasteiger charge is -2.13. The van der Waals surface area contributed by atoms with Crippen molar-refractivity contribution in [3.63, 3.8) is 0 Å². The number of aromatic nitrogens is 2. The molecule has 6 heteroatoms. The molecular formula is C19H19ClN4O. The van der Waals surface area contributed by atoms with Crippen molar-refractivity contribution in [2.24, 2.45) is 0 Å². The van der Waals surface area contributed by atoms with Gasteiger partial charge in [-0.05, 0) is 43.7 Å². The number of halogens is 1. The minimum absolute atomic E-state index is 0.655. The molecule has 0 atom stereocenters. The van der Waals surface area contributed by atoms with Gasteiger partial charge in [-0.25, -0.2) is 9.97 Å². The summed E-state index contributed by atoms with van der Waals surface area (Å²) in [5, 5.41) is 7.25. The Morgan fingerprint density at radius 2 is 1.56 bits per heavy atom. The van der Waals surface area contributed by atoms with E-state index in [4.69, 9.17) is 16.3 Å². The Labute approximate surface area is 152 Å². The lowest BCUT2D eigenvalue weighted by molar-refractivity contribution is 0.417. The molecule has 5 nitrogen and oxygen atoms in total. The third-order valence-corrected chi connectivity index (χ3v) is 3.91. The molecule has 1 aromatic heterocycles. The number of rotatable bonds is 5. The molecule has 128 valence electrons. The summed E-state index contributed by atoms with van der Waals surface area (Å²) in [5.74, 6) is 2.77. The number of hydrogen-bond donors (Lipinski definition) is 2. The van der Waals surface area contributed by atoms with Gasteiger partial charge < -0.3 is 15.4 Å². The molecule has 0 aliphatic rings. The molecule has 0 amide bonds. The highest BCUT2D eigenvalue weighted by Gasteiger charge is 2.07. The standard InChI is InChI=1S/C19H19ClN4O/c1-12-8-9-14(20)10-16(12)24-19-11-18(21-13(2)22-19)23-15-6-4-5-7-17(15)25-3/h4-11H,1-3H3,(H2,21,22,23,24). The van der Waals surface area contributed by atoms with Crippen LogP contribution in [0.4, 0.5) is 23.0 Å². The second-order valence-electron chi connectivity index (χ2n) is 5.60. The van der Waals surface area contributed by atoms with Crippen LogP contribution in [0.25, 0.3) is 0 Å². The zero-order valence-electron chi connectivity index (χ0n) is 14.3. The van der Waals surface area contributed by atoms with Gasteiger partial charge in [0.05, 0.1) is 12.8 Å². The summed E-state index contributed by atoms with van der Waals surface area (Å²) in [6.07, 6.45) is 0. The zero-order valence-corrected chi connectivity index (χ0v) is 15.1. The van der Waals surface area contributed by atoms with Crippen molar-refractivity contribution < 1.29 is 4.74 Å². The maximum atomic E-state index is 6.09.